The lowest BCUT2D eigenvalue weighted by Crippen LogP contribution is -2.27. The van der Waals surface area contributed by atoms with Gasteiger partial charge in [0.15, 0.2) is 0 Å². The summed E-state index contributed by atoms with van der Waals surface area (Å²) < 4.78 is 26.4. The molecule has 0 amide bonds. The standard InChI is InChI=1S/C14H15NO4S2/c1-10-5-6-11(14(16)17)8-13(10)21(18,19)15(2)9-12-4-3-7-20-12/h3-8H,9H2,1-2H3,(H,16,17). The van der Waals surface area contributed by atoms with Crippen molar-refractivity contribution in [3.63, 3.8) is 0 Å². The summed E-state index contributed by atoms with van der Waals surface area (Å²) >= 11 is 1.47. The van der Waals surface area contributed by atoms with Gasteiger partial charge in [-0.15, -0.1) is 11.3 Å². The van der Waals surface area contributed by atoms with Gasteiger partial charge < -0.3 is 5.11 Å². The molecule has 0 bridgehead atoms. The van der Waals surface area contributed by atoms with Crippen molar-refractivity contribution in [2.24, 2.45) is 0 Å². The lowest BCUT2D eigenvalue weighted by Gasteiger charge is -2.18. The molecule has 2 aromatic rings. The molecule has 0 unspecified atom stereocenters. The van der Waals surface area contributed by atoms with Crippen molar-refractivity contribution in [3.8, 4) is 0 Å². The number of sulfonamides is 1. The second-order valence-corrected chi connectivity index (χ2v) is 7.67. The molecule has 7 heteroatoms. The molecule has 0 aliphatic carbocycles. The minimum absolute atomic E-state index is 0.0291. The number of aromatic carboxylic acids is 1. The second-order valence-electron chi connectivity index (χ2n) is 4.63. The molecular formula is C14H15NO4S2. The number of carbonyl (C=O) groups is 1. The number of aryl methyl sites for hydroxylation is 1. The monoisotopic (exact) mass is 325 g/mol. The van der Waals surface area contributed by atoms with Crippen LogP contribution in [0.15, 0.2) is 40.6 Å². The van der Waals surface area contributed by atoms with Crippen molar-refractivity contribution in [1.29, 1.82) is 0 Å². The molecule has 0 atom stereocenters. The van der Waals surface area contributed by atoms with Crippen molar-refractivity contribution in [2.75, 3.05) is 7.05 Å². The predicted octanol–water partition coefficient (Wildman–Crippen LogP) is 2.58. The fraction of sp³-hybridized carbons (Fsp3) is 0.214. The van der Waals surface area contributed by atoms with Crippen LogP contribution in [-0.4, -0.2) is 30.8 Å². The van der Waals surface area contributed by atoms with Gasteiger partial charge in [0.05, 0.1) is 10.5 Å². The molecule has 0 spiro atoms. The maximum absolute atomic E-state index is 12.6. The fourth-order valence-electron chi connectivity index (χ4n) is 1.89. The Morgan fingerprint density at radius 1 is 1.33 bits per heavy atom. The number of rotatable bonds is 5. The third-order valence-corrected chi connectivity index (χ3v) is 5.89. The van der Waals surface area contributed by atoms with Gasteiger partial charge in [-0.25, -0.2) is 13.2 Å². The molecule has 5 nitrogen and oxygen atoms in total. The van der Waals surface area contributed by atoms with Gasteiger partial charge in [-0.3, -0.25) is 0 Å². The summed E-state index contributed by atoms with van der Waals surface area (Å²) in [5, 5.41) is 10.9. The topological polar surface area (TPSA) is 74.7 Å². The average molecular weight is 325 g/mol. The van der Waals surface area contributed by atoms with E-state index in [2.05, 4.69) is 0 Å². The zero-order valence-corrected chi connectivity index (χ0v) is 13.2. The molecular weight excluding hydrogens is 310 g/mol. The van der Waals surface area contributed by atoms with Crippen LogP contribution in [0, 0.1) is 6.92 Å². The summed E-state index contributed by atoms with van der Waals surface area (Å²) in [6.45, 7) is 1.91. The molecule has 112 valence electrons. The molecule has 0 fully saturated rings. The van der Waals surface area contributed by atoms with E-state index in [4.69, 9.17) is 5.11 Å². The first-order valence-corrected chi connectivity index (χ1v) is 8.47. The summed E-state index contributed by atoms with van der Waals surface area (Å²) in [6.07, 6.45) is 0. The van der Waals surface area contributed by atoms with Gasteiger partial charge in [-0.2, -0.15) is 4.31 Å². The average Bonchev–Trinajstić information content (AvgIpc) is 2.91. The van der Waals surface area contributed by atoms with E-state index in [1.54, 1.807) is 6.92 Å². The van der Waals surface area contributed by atoms with Crippen molar-refractivity contribution in [2.45, 2.75) is 18.4 Å². The van der Waals surface area contributed by atoms with E-state index >= 15 is 0 Å². The van der Waals surface area contributed by atoms with Gasteiger partial charge in [0.25, 0.3) is 0 Å². The number of thiophene rings is 1. The minimum Gasteiger partial charge on any atom is -0.478 e. The Hall–Kier alpha value is -1.70. The van der Waals surface area contributed by atoms with E-state index in [0.29, 0.717) is 5.56 Å². The van der Waals surface area contributed by atoms with Gasteiger partial charge in [-0.1, -0.05) is 12.1 Å². The SMILES string of the molecule is Cc1ccc(C(=O)O)cc1S(=O)(=O)N(C)Cc1cccs1. The Morgan fingerprint density at radius 2 is 2.05 bits per heavy atom. The molecule has 0 aliphatic heterocycles. The first-order chi connectivity index (χ1) is 9.82. The number of carboxylic acid groups (broad SMARTS) is 1. The molecule has 2 rings (SSSR count). The van der Waals surface area contributed by atoms with E-state index in [1.165, 1.54) is 40.9 Å². The van der Waals surface area contributed by atoms with E-state index in [0.717, 1.165) is 4.88 Å². The Morgan fingerprint density at radius 3 is 2.62 bits per heavy atom. The van der Waals surface area contributed by atoms with Crippen molar-refractivity contribution in [1.82, 2.24) is 4.31 Å². The van der Waals surface area contributed by atoms with Gasteiger partial charge in [0.2, 0.25) is 10.0 Å². The predicted molar refractivity (Wildman–Crippen MR) is 81.1 cm³/mol. The highest BCUT2D eigenvalue weighted by Gasteiger charge is 2.24. The minimum atomic E-state index is -3.73. The fourth-order valence-corrected chi connectivity index (χ4v) is 4.12. The van der Waals surface area contributed by atoms with Gasteiger partial charge in [-0.05, 0) is 36.1 Å². The molecule has 21 heavy (non-hydrogen) atoms. The highest BCUT2D eigenvalue weighted by molar-refractivity contribution is 7.89. The Bertz CT molecular complexity index is 751. The zero-order valence-electron chi connectivity index (χ0n) is 11.6. The van der Waals surface area contributed by atoms with Crippen LogP contribution >= 0.6 is 11.3 Å². The van der Waals surface area contributed by atoms with Crippen LogP contribution in [0.25, 0.3) is 0 Å². The smallest absolute Gasteiger partial charge is 0.335 e. The largest absolute Gasteiger partial charge is 0.478 e. The molecule has 0 saturated heterocycles. The summed E-state index contributed by atoms with van der Waals surface area (Å²) in [5.74, 6) is -1.15. The molecule has 0 radical (unpaired) electrons. The van der Waals surface area contributed by atoms with Gasteiger partial charge >= 0.3 is 5.97 Å². The Labute approximate surface area is 127 Å². The van der Waals surface area contributed by atoms with Crippen LogP contribution < -0.4 is 0 Å². The Kier molecular flexibility index (Phi) is 4.46. The molecule has 1 aromatic heterocycles. The number of benzene rings is 1. The van der Waals surface area contributed by atoms with Crippen LogP contribution in [0.2, 0.25) is 0 Å². The third kappa shape index (κ3) is 3.31. The van der Waals surface area contributed by atoms with Crippen LogP contribution in [0.3, 0.4) is 0 Å². The normalized spacial score (nSPS) is 11.8. The quantitative estimate of drug-likeness (QED) is 0.917. The number of hydrogen-bond donors (Lipinski definition) is 1. The molecule has 1 aromatic carbocycles. The molecule has 1 heterocycles. The van der Waals surface area contributed by atoms with E-state index < -0.39 is 16.0 Å². The summed E-state index contributed by atoms with van der Waals surface area (Å²) in [6, 6.07) is 7.83. The van der Waals surface area contributed by atoms with E-state index in [1.807, 2.05) is 17.5 Å². The highest BCUT2D eigenvalue weighted by atomic mass is 32.2. The lowest BCUT2D eigenvalue weighted by molar-refractivity contribution is 0.0696. The van der Waals surface area contributed by atoms with Gasteiger partial charge in [0, 0.05) is 18.5 Å². The van der Waals surface area contributed by atoms with Crippen LogP contribution in [-0.2, 0) is 16.6 Å². The Balaban J connectivity index is 2.38. The summed E-state index contributed by atoms with van der Waals surface area (Å²) in [7, 11) is -2.24. The first-order valence-electron chi connectivity index (χ1n) is 6.15. The van der Waals surface area contributed by atoms with Crippen molar-refractivity contribution >= 4 is 27.3 Å². The molecule has 0 saturated carbocycles. The molecule has 1 N–H and O–H groups in total. The van der Waals surface area contributed by atoms with E-state index in [9.17, 15) is 13.2 Å². The summed E-state index contributed by atoms with van der Waals surface area (Å²) in [5.41, 5.74) is 0.488. The zero-order chi connectivity index (χ0) is 15.6. The maximum atomic E-state index is 12.6. The number of carboxylic acids is 1. The lowest BCUT2D eigenvalue weighted by atomic mass is 10.1. The van der Waals surface area contributed by atoms with Gasteiger partial charge in [0.1, 0.15) is 0 Å². The van der Waals surface area contributed by atoms with E-state index in [-0.39, 0.29) is 17.0 Å². The van der Waals surface area contributed by atoms with Crippen LogP contribution in [0.1, 0.15) is 20.8 Å². The maximum Gasteiger partial charge on any atom is 0.335 e. The summed E-state index contributed by atoms with van der Waals surface area (Å²) in [4.78, 5) is 12.0. The number of nitrogens with zero attached hydrogens (tertiary/aromatic N) is 1. The van der Waals surface area contributed by atoms with Crippen LogP contribution in [0.4, 0.5) is 0 Å². The highest BCUT2D eigenvalue weighted by Crippen LogP contribution is 2.23. The number of hydrogen-bond acceptors (Lipinski definition) is 4. The first kappa shape index (κ1) is 15.7. The van der Waals surface area contributed by atoms with Crippen molar-refractivity contribution in [3.05, 3.63) is 51.7 Å². The molecule has 0 aliphatic rings. The van der Waals surface area contributed by atoms with Crippen molar-refractivity contribution < 1.29 is 18.3 Å². The second kappa shape index (κ2) is 5.97. The third-order valence-electron chi connectivity index (χ3n) is 3.08. The van der Waals surface area contributed by atoms with Crippen LogP contribution in [0.5, 0.6) is 0 Å².